The topological polar surface area (TPSA) is 61.8 Å². The SMILES string of the molecule is COc1ccc(C(=O)Oc2ccc3c(c2C)O/C(=C\c2cccc(Br)c2)C3=O)cc1. The minimum Gasteiger partial charge on any atom is -0.497 e. The van der Waals surface area contributed by atoms with Crippen LogP contribution in [-0.4, -0.2) is 18.9 Å². The van der Waals surface area contributed by atoms with E-state index in [4.69, 9.17) is 14.2 Å². The molecule has 0 radical (unpaired) electrons. The number of allylic oxidation sites excluding steroid dienone is 1. The van der Waals surface area contributed by atoms with Gasteiger partial charge in [-0.15, -0.1) is 0 Å². The Morgan fingerprint density at radius 2 is 1.83 bits per heavy atom. The summed E-state index contributed by atoms with van der Waals surface area (Å²) in [5.41, 5.74) is 2.26. The molecule has 4 rings (SSSR count). The van der Waals surface area contributed by atoms with Gasteiger partial charge in [-0.2, -0.15) is 0 Å². The number of halogens is 1. The number of rotatable bonds is 4. The maximum Gasteiger partial charge on any atom is 0.343 e. The quantitative estimate of drug-likeness (QED) is 0.285. The van der Waals surface area contributed by atoms with E-state index in [0.717, 1.165) is 10.0 Å². The largest absolute Gasteiger partial charge is 0.497 e. The van der Waals surface area contributed by atoms with E-state index in [1.54, 1.807) is 56.5 Å². The van der Waals surface area contributed by atoms with Gasteiger partial charge in [-0.1, -0.05) is 28.1 Å². The summed E-state index contributed by atoms with van der Waals surface area (Å²) in [5.74, 6) is 0.908. The highest BCUT2D eigenvalue weighted by molar-refractivity contribution is 9.10. The third-order valence-corrected chi connectivity index (χ3v) is 5.20. The Morgan fingerprint density at radius 1 is 1.07 bits per heavy atom. The second kappa shape index (κ2) is 8.16. The van der Waals surface area contributed by atoms with Gasteiger partial charge >= 0.3 is 5.97 Å². The van der Waals surface area contributed by atoms with Crippen LogP contribution in [0.4, 0.5) is 0 Å². The standard InChI is InChI=1S/C24H17BrO5/c1-14-20(30-24(27)16-6-8-18(28-2)9-7-16)11-10-19-22(26)21(29-23(14)19)13-15-4-3-5-17(25)12-15/h3-13H,1-2H3/b21-13-. The smallest absolute Gasteiger partial charge is 0.343 e. The van der Waals surface area contributed by atoms with E-state index in [9.17, 15) is 9.59 Å². The van der Waals surface area contributed by atoms with Crippen molar-refractivity contribution in [3.8, 4) is 17.2 Å². The monoisotopic (exact) mass is 464 g/mol. The zero-order valence-electron chi connectivity index (χ0n) is 16.3. The van der Waals surface area contributed by atoms with Crippen molar-refractivity contribution in [1.29, 1.82) is 0 Å². The summed E-state index contributed by atoms with van der Waals surface area (Å²) in [6.07, 6.45) is 1.69. The van der Waals surface area contributed by atoms with Crippen molar-refractivity contribution >= 4 is 33.8 Å². The molecule has 0 aliphatic carbocycles. The lowest BCUT2D eigenvalue weighted by Gasteiger charge is -2.10. The number of ether oxygens (including phenoxy) is 3. The van der Waals surface area contributed by atoms with Gasteiger partial charge in [0.15, 0.2) is 5.76 Å². The highest BCUT2D eigenvalue weighted by Gasteiger charge is 2.30. The number of carbonyl (C=O) groups excluding carboxylic acids is 2. The fraction of sp³-hybridized carbons (Fsp3) is 0.0833. The van der Waals surface area contributed by atoms with E-state index < -0.39 is 5.97 Å². The summed E-state index contributed by atoms with van der Waals surface area (Å²) >= 11 is 3.42. The van der Waals surface area contributed by atoms with Crippen LogP contribution in [0.3, 0.4) is 0 Å². The van der Waals surface area contributed by atoms with Gasteiger partial charge in [0.25, 0.3) is 0 Å². The van der Waals surface area contributed by atoms with Gasteiger partial charge in [-0.05, 0) is 67.1 Å². The van der Waals surface area contributed by atoms with Crippen LogP contribution in [-0.2, 0) is 0 Å². The number of hydrogen-bond donors (Lipinski definition) is 0. The highest BCUT2D eigenvalue weighted by atomic mass is 79.9. The molecule has 0 aromatic heterocycles. The van der Waals surface area contributed by atoms with Gasteiger partial charge in [0.1, 0.15) is 17.2 Å². The molecule has 3 aromatic rings. The van der Waals surface area contributed by atoms with E-state index in [1.165, 1.54) is 0 Å². The fourth-order valence-electron chi connectivity index (χ4n) is 3.11. The molecule has 150 valence electrons. The predicted molar refractivity (Wildman–Crippen MR) is 116 cm³/mol. The van der Waals surface area contributed by atoms with Crippen LogP contribution in [0.5, 0.6) is 17.2 Å². The Bertz CT molecular complexity index is 1180. The molecule has 0 atom stereocenters. The van der Waals surface area contributed by atoms with Crippen LogP contribution in [0.25, 0.3) is 6.08 Å². The molecule has 6 heteroatoms. The van der Waals surface area contributed by atoms with Crippen LogP contribution in [0, 0.1) is 6.92 Å². The number of carbonyl (C=O) groups is 2. The molecule has 5 nitrogen and oxygen atoms in total. The molecule has 3 aromatic carbocycles. The zero-order chi connectivity index (χ0) is 21.3. The van der Waals surface area contributed by atoms with E-state index in [2.05, 4.69) is 15.9 Å². The zero-order valence-corrected chi connectivity index (χ0v) is 17.9. The summed E-state index contributed by atoms with van der Waals surface area (Å²) in [7, 11) is 1.56. The Hall–Kier alpha value is -3.38. The molecule has 0 fully saturated rings. The molecular weight excluding hydrogens is 448 g/mol. The fourth-order valence-corrected chi connectivity index (χ4v) is 3.53. The lowest BCUT2D eigenvalue weighted by molar-refractivity contribution is 0.0733. The normalized spacial score (nSPS) is 13.7. The number of Topliss-reactive ketones (excluding diaryl/α,β-unsaturated/α-hetero) is 1. The van der Waals surface area contributed by atoms with Gasteiger partial charge in [0.2, 0.25) is 5.78 Å². The molecular formula is C24H17BrO5. The molecule has 0 saturated heterocycles. The van der Waals surface area contributed by atoms with Crippen molar-refractivity contribution in [2.24, 2.45) is 0 Å². The van der Waals surface area contributed by atoms with Crippen LogP contribution < -0.4 is 14.2 Å². The first-order chi connectivity index (χ1) is 14.5. The van der Waals surface area contributed by atoms with Crippen molar-refractivity contribution in [1.82, 2.24) is 0 Å². The summed E-state index contributed by atoms with van der Waals surface area (Å²) in [6, 6.07) is 17.4. The van der Waals surface area contributed by atoms with Gasteiger partial charge in [-0.25, -0.2) is 4.79 Å². The van der Waals surface area contributed by atoms with Gasteiger partial charge in [0, 0.05) is 10.0 Å². The molecule has 30 heavy (non-hydrogen) atoms. The van der Waals surface area contributed by atoms with Crippen LogP contribution in [0.2, 0.25) is 0 Å². The van der Waals surface area contributed by atoms with E-state index >= 15 is 0 Å². The number of benzene rings is 3. The van der Waals surface area contributed by atoms with Crippen LogP contribution in [0.1, 0.15) is 31.8 Å². The molecule has 1 aliphatic rings. The summed E-state index contributed by atoms with van der Waals surface area (Å²) in [6.45, 7) is 1.75. The van der Waals surface area contributed by atoms with Crippen molar-refractivity contribution < 1.29 is 23.8 Å². The average molecular weight is 465 g/mol. The summed E-state index contributed by atoms with van der Waals surface area (Å²) in [5, 5.41) is 0. The Balaban J connectivity index is 1.59. The van der Waals surface area contributed by atoms with Crippen molar-refractivity contribution in [3.05, 3.63) is 93.1 Å². The maximum absolute atomic E-state index is 12.7. The van der Waals surface area contributed by atoms with Gasteiger partial charge in [-0.3, -0.25) is 4.79 Å². The minimum absolute atomic E-state index is 0.207. The first-order valence-electron chi connectivity index (χ1n) is 9.16. The number of fused-ring (bicyclic) bond motifs is 1. The Kier molecular flexibility index (Phi) is 5.42. The molecule has 1 aliphatic heterocycles. The summed E-state index contributed by atoms with van der Waals surface area (Å²) in [4.78, 5) is 25.2. The number of hydrogen-bond acceptors (Lipinski definition) is 5. The third kappa shape index (κ3) is 3.86. The van der Waals surface area contributed by atoms with Crippen LogP contribution >= 0.6 is 15.9 Å². The Labute approximate surface area is 182 Å². The second-order valence-electron chi connectivity index (χ2n) is 6.68. The Morgan fingerprint density at radius 3 is 2.53 bits per heavy atom. The molecule has 0 N–H and O–H groups in total. The lowest BCUT2D eigenvalue weighted by atomic mass is 10.1. The van der Waals surface area contributed by atoms with E-state index in [-0.39, 0.29) is 11.5 Å². The minimum atomic E-state index is -0.505. The maximum atomic E-state index is 12.7. The first kappa shape index (κ1) is 19.9. The molecule has 1 heterocycles. The van der Waals surface area contributed by atoms with Crippen LogP contribution in [0.15, 0.2) is 70.9 Å². The molecule has 0 amide bonds. The van der Waals surface area contributed by atoms with E-state index in [1.807, 2.05) is 24.3 Å². The highest BCUT2D eigenvalue weighted by Crippen LogP contribution is 2.39. The third-order valence-electron chi connectivity index (χ3n) is 4.71. The number of esters is 1. The second-order valence-corrected chi connectivity index (χ2v) is 7.59. The number of ketones is 1. The molecule has 0 bridgehead atoms. The van der Waals surface area contributed by atoms with Crippen molar-refractivity contribution in [2.75, 3.05) is 7.11 Å². The molecule has 0 saturated carbocycles. The first-order valence-corrected chi connectivity index (χ1v) is 9.95. The van der Waals surface area contributed by atoms with E-state index in [0.29, 0.717) is 33.9 Å². The van der Waals surface area contributed by atoms with Crippen molar-refractivity contribution in [2.45, 2.75) is 6.92 Å². The lowest BCUT2D eigenvalue weighted by Crippen LogP contribution is -2.09. The van der Waals surface area contributed by atoms with Crippen molar-refractivity contribution in [3.63, 3.8) is 0 Å². The number of methoxy groups -OCH3 is 1. The molecule has 0 unspecified atom stereocenters. The summed E-state index contributed by atoms with van der Waals surface area (Å²) < 4.78 is 17.4. The predicted octanol–water partition coefficient (Wildman–Crippen LogP) is 5.60. The molecule has 0 spiro atoms. The van der Waals surface area contributed by atoms with Gasteiger partial charge < -0.3 is 14.2 Å². The average Bonchev–Trinajstić information content (AvgIpc) is 3.06. The van der Waals surface area contributed by atoms with Gasteiger partial charge in [0.05, 0.1) is 18.2 Å².